The molecule has 0 spiro atoms. The third-order valence-corrected chi connectivity index (χ3v) is 3.71. The molecule has 0 amide bonds. The van der Waals surface area contributed by atoms with E-state index in [-0.39, 0.29) is 12.4 Å². The summed E-state index contributed by atoms with van der Waals surface area (Å²) in [4.78, 5) is 4.45. The largest absolute Gasteiger partial charge is 0.384 e. The van der Waals surface area contributed by atoms with Gasteiger partial charge in [0.25, 0.3) is 0 Å². The van der Waals surface area contributed by atoms with Crippen molar-refractivity contribution in [3.05, 3.63) is 58.5 Å². The van der Waals surface area contributed by atoms with Gasteiger partial charge in [-0.15, -0.1) is 11.8 Å². The smallest absolute Gasteiger partial charge is 0.124 e. The maximum absolute atomic E-state index is 13.6. The number of aliphatic hydroxyl groups is 1. The molecule has 4 heteroatoms. The Labute approximate surface area is 128 Å². The van der Waals surface area contributed by atoms with Gasteiger partial charge in [-0.1, -0.05) is 11.8 Å². The monoisotopic (exact) mass is 301 g/mol. The Morgan fingerprint density at radius 2 is 2.00 bits per heavy atom. The third kappa shape index (κ3) is 4.89. The minimum atomic E-state index is -0.316. The van der Waals surface area contributed by atoms with Crippen molar-refractivity contribution in [1.82, 2.24) is 4.98 Å². The second-order valence-corrected chi connectivity index (χ2v) is 5.72. The topological polar surface area (TPSA) is 33.1 Å². The van der Waals surface area contributed by atoms with Gasteiger partial charge in [0.2, 0.25) is 0 Å². The number of halogens is 1. The molecule has 0 radical (unpaired) electrons. The summed E-state index contributed by atoms with van der Waals surface area (Å²) in [7, 11) is 0. The summed E-state index contributed by atoms with van der Waals surface area (Å²) in [6, 6.07) is 8.74. The SMILES string of the molecule is Cc1cc(C)nc(SCc2cc(F)cc(C#CCO)c2)c1. The average molecular weight is 301 g/mol. The molecule has 1 aromatic heterocycles. The van der Waals surface area contributed by atoms with Gasteiger partial charge in [0.05, 0.1) is 5.03 Å². The van der Waals surface area contributed by atoms with Crippen LogP contribution in [0.3, 0.4) is 0 Å². The Balaban J connectivity index is 2.14. The van der Waals surface area contributed by atoms with Crippen LogP contribution in [-0.2, 0) is 5.75 Å². The van der Waals surface area contributed by atoms with Crippen LogP contribution in [0.1, 0.15) is 22.4 Å². The van der Waals surface area contributed by atoms with Crippen molar-refractivity contribution in [3.63, 3.8) is 0 Å². The number of rotatable bonds is 3. The average Bonchev–Trinajstić information content (AvgIpc) is 2.41. The van der Waals surface area contributed by atoms with Gasteiger partial charge in [-0.3, -0.25) is 0 Å². The van der Waals surface area contributed by atoms with E-state index in [4.69, 9.17) is 5.11 Å². The van der Waals surface area contributed by atoms with Gasteiger partial charge in [-0.2, -0.15) is 0 Å². The van der Waals surface area contributed by atoms with Crippen molar-refractivity contribution in [1.29, 1.82) is 0 Å². The van der Waals surface area contributed by atoms with Gasteiger partial charge in [-0.25, -0.2) is 9.37 Å². The molecule has 0 aliphatic heterocycles. The van der Waals surface area contributed by atoms with E-state index in [1.54, 1.807) is 11.8 Å². The normalized spacial score (nSPS) is 10.1. The minimum Gasteiger partial charge on any atom is -0.384 e. The number of hydrogen-bond donors (Lipinski definition) is 1. The van der Waals surface area contributed by atoms with Crippen molar-refractivity contribution in [2.75, 3.05) is 6.61 Å². The highest BCUT2D eigenvalue weighted by Gasteiger charge is 2.03. The van der Waals surface area contributed by atoms with Crippen LogP contribution in [0.25, 0.3) is 0 Å². The van der Waals surface area contributed by atoms with Gasteiger partial charge < -0.3 is 5.11 Å². The highest BCUT2D eigenvalue weighted by Crippen LogP contribution is 2.23. The molecule has 108 valence electrons. The van der Waals surface area contributed by atoms with Crippen LogP contribution >= 0.6 is 11.8 Å². The van der Waals surface area contributed by atoms with E-state index in [1.165, 1.54) is 17.7 Å². The molecular weight excluding hydrogens is 285 g/mol. The number of aliphatic hydroxyl groups excluding tert-OH is 1. The van der Waals surface area contributed by atoms with E-state index >= 15 is 0 Å². The molecule has 0 saturated heterocycles. The molecule has 1 N–H and O–H groups in total. The molecule has 0 unspecified atom stereocenters. The first-order chi connectivity index (χ1) is 10.1. The molecular formula is C17H16FNOS. The van der Waals surface area contributed by atoms with Crippen LogP contribution in [0.5, 0.6) is 0 Å². The lowest BCUT2D eigenvalue weighted by Gasteiger charge is -2.05. The number of hydrogen-bond acceptors (Lipinski definition) is 3. The number of pyridine rings is 1. The number of nitrogens with zero attached hydrogens (tertiary/aromatic N) is 1. The fourth-order valence-electron chi connectivity index (χ4n) is 1.98. The van der Waals surface area contributed by atoms with E-state index < -0.39 is 0 Å². The van der Waals surface area contributed by atoms with E-state index in [0.717, 1.165) is 16.3 Å². The van der Waals surface area contributed by atoms with Gasteiger partial charge in [0.1, 0.15) is 12.4 Å². The van der Waals surface area contributed by atoms with E-state index in [9.17, 15) is 4.39 Å². The van der Waals surface area contributed by atoms with Crippen LogP contribution < -0.4 is 0 Å². The lowest BCUT2D eigenvalue weighted by atomic mass is 10.1. The zero-order chi connectivity index (χ0) is 15.2. The van der Waals surface area contributed by atoms with Crippen molar-refractivity contribution >= 4 is 11.8 Å². The summed E-state index contributed by atoms with van der Waals surface area (Å²) in [6.45, 7) is 3.76. The van der Waals surface area contributed by atoms with Crippen molar-refractivity contribution < 1.29 is 9.50 Å². The van der Waals surface area contributed by atoms with Crippen LogP contribution in [0.4, 0.5) is 4.39 Å². The van der Waals surface area contributed by atoms with Crippen molar-refractivity contribution in [2.24, 2.45) is 0 Å². The predicted octanol–water partition coefficient (Wildman–Crippen LogP) is 3.47. The van der Waals surface area contributed by atoms with Gasteiger partial charge in [0.15, 0.2) is 0 Å². The number of aromatic nitrogens is 1. The Kier molecular flexibility index (Phi) is 5.38. The summed E-state index contributed by atoms with van der Waals surface area (Å²) in [6.07, 6.45) is 0. The lowest BCUT2D eigenvalue weighted by molar-refractivity contribution is 0.350. The summed E-state index contributed by atoms with van der Waals surface area (Å²) in [5.41, 5.74) is 3.57. The molecule has 0 aliphatic rings. The molecule has 0 aliphatic carbocycles. The summed E-state index contributed by atoms with van der Waals surface area (Å²) >= 11 is 1.57. The summed E-state index contributed by atoms with van der Waals surface area (Å²) < 4.78 is 13.6. The van der Waals surface area contributed by atoms with E-state index in [1.807, 2.05) is 32.0 Å². The van der Waals surface area contributed by atoms with Crippen LogP contribution in [0.2, 0.25) is 0 Å². The Hall–Kier alpha value is -1.83. The lowest BCUT2D eigenvalue weighted by Crippen LogP contribution is -1.90. The van der Waals surface area contributed by atoms with E-state index in [0.29, 0.717) is 11.3 Å². The van der Waals surface area contributed by atoms with Gasteiger partial charge in [-0.05, 0) is 55.3 Å². The van der Waals surface area contributed by atoms with Gasteiger partial charge >= 0.3 is 0 Å². The Morgan fingerprint density at radius 3 is 2.71 bits per heavy atom. The molecule has 2 nitrogen and oxygen atoms in total. The molecule has 1 aromatic carbocycles. The third-order valence-electron chi connectivity index (χ3n) is 2.73. The van der Waals surface area contributed by atoms with Crippen molar-refractivity contribution in [3.8, 4) is 11.8 Å². The molecule has 0 saturated carbocycles. The highest BCUT2D eigenvalue weighted by atomic mass is 32.2. The molecule has 21 heavy (non-hydrogen) atoms. The van der Waals surface area contributed by atoms with E-state index in [2.05, 4.69) is 16.8 Å². The number of aryl methyl sites for hydroxylation is 2. The summed E-state index contributed by atoms with van der Waals surface area (Å²) in [5.74, 6) is 5.56. The number of thioether (sulfide) groups is 1. The first-order valence-corrected chi connectivity index (χ1v) is 7.52. The second-order valence-electron chi connectivity index (χ2n) is 4.72. The molecule has 0 fully saturated rings. The minimum absolute atomic E-state index is 0.229. The van der Waals surface area contributed by atoms with Gasteiger partial charge in [0, 0.05) is 17.0 Å². The number of benzene rings is 1. The standard InChI is InChI=1S/C17H16FNOS/c1-12-6-13(2)19-17(7-12)21-11-15-8-14(4-3-5-20)9-16(18)10-15/h6-10,20H,5,11H2,1-2H3. The zero-order valence-electron chi connectivity index (χ0n) is 12.0. The fourth-order valence-corrected chi connectivity index (χ4v) is 2.94. The maximum Gasteiger partial charge on any atom is 0.124 e. The maximum atomic E-state index is 13.6. The first kappa shape index (κ1) is 15.6. The zero-order valence-corrected chi connectivity index (χ0v) is 12.8. The fraction of sp³-hybridized carbons (Fsp3) is 0.235. The second kappa shape index (κ2) is 7.26. The molecule has 2 rings (SSSR count). The van der Waals surface area contributed by atoms with Crippen LogP contribution in [-0.4, -0.2) is 16.7 Å². The highest BCUT2D eigenvalue weighted by molar-refractivity contribution is 7.98. The quantitative estimate of drug-likeness (QED) is 0.696. The molecule has 0 bridgehead atoms. The van der Waals surface area contributed by atoms with Crippen LogP contribution in [0.15, 0.2) is 35.4 Å². The summed E-state index contributed by atoms with van der Waals surface area (Å²) in [5, 5.41) is 9.62. The molecule has 0 atom stereocenters. The Bertz CT molecular complexity index is 683. The molecule has 2 aromatic rings. The van der Waals surface area contributed by atoms with Crippen molar-refractivity contribution in [2.45, 2.75) is 24.6 Å². The molecule has 1 heterocycles. The predicted molar refractivity (Wildman–Crippen MR) is 83.6 cm³/mol. The first-order valence-electron chi connectivity index (χ1n) is 6.54. The Morgan fingerprint density at radius 1 is 1.19 bits per heavy atom. The van der Waals surface area contributed by atoms with Crippen LogP contribution in [0, 0.1) is 31.5 Å².